The fourth-order valence-electron chi connectivity index (χ4n) is 3.88. The maximum absolute atomic E-state index is 10.9. The van der Waals surface area contributed by atoms with Gasteiger partial charge in [0.1, 0.15) is 0 Å². The molecule has 1 aromatic heterocycles. The Morgan fingerprint density at radius 1 is 1.14 bits per heavy atom. The van der Waals surface area contributed by atoms with Gasteiger partial charge >= 0.3 is 0 Å². The molecule has 1 saturated heterocycles. The Balaban J connectivity index is 1.78. The van der Waals surface area contributed by atoms with Gasteiger partial charge in [-0.15, -0.1) is 11.3 Å². The van der Waals surface area contributed by atoms with Crippen molar-refractivity contribution in [2.45, 2.75) is 70.3 Å². The Morgan fingerprint density at radius 2 is 1.86 bits per heavy atom. The van der Waals surface area contributed by atoms with Crippen molar-refractivity contribution in [3.63, 3.8) is 0 Å². The molecule has 2 aliphatic rings. The molecule has 0 bridgehead atoms. The second-order valence-corrected chi connectivity index (χ2v) is 9.00. The highest BCUT2D eigenvalue weighted by molar-refractivity contribution is 7.99. The van der Waals surface area contributed by atoms with E-state index in [1.807, 2.05) is 11.3 Å². The number of aryl methyl sites for hydroxylation is 1. The van der Waals surface area contributed by atoms with Crippen molar-refractivity contribution in [3.8, 4) is 0 Å². The van der Waals surface area contributed by atoms with Gasteiger partial charge in [-0.1, -0.05) is 26.2 Å². The van der Waals surface area contributed by atoms with Gasteiger partial charge in [0.2, 0.25) is 0 Å². The number of thiophene rings is 1. The van der Waals surface area contributed by atoms with Gasteiger partial charge in [-0.05, 0) is 67.1 Å². The van der Waals surface area contributed by atoms with E-state index in [1.165, 1.54) is 66.9 Å². The van der Waals surface area contributed by atoms with E-state index >= 15 is 0 Å². The zero-order valence-electron chi connectivity index (χ0n) is 13.1. The first-order chi connectivity index (χ1) is 10.3. The lowest BCUT2D eigenvalue weighted by molar-refractivity contribution is 0.0845. The summed E-state index contributed by atoms with van der Waals surface area (Å²) in [6.07, 6.45) is 9.93. The molecule has 1 saturated carbocycles. The van der Waals surface area contributed by atoms with Crippen LogP contribution in [-0.2, 0) is 6.42 Å². The molecule has 1 nitrogen and oxygen atoms in total. The Hall–Kier alpha value is 0.01000. The summed E-state index contributed by atoms with van der Waals surface area (Å²) < 4.78 is 0. The summed E-state index contributed by atoms with van der Waals surface area (Å²) in [6.45, 7) is 2.24. The fraction of sp³-hybridized carbons (Fsp3) is 0.778. The average Bonchev–Trinajstić information content (AvgIpc) is 3.00. The van der Waals surface area contributed by atoms with E-state index in [0.717, 1.165) is 12.3 Å². The van der Waals surface area contributed by atoms with Crippen LogP contribution in [0, 0.1) is 5.92 Å². The molecule has 1 atom stereocenters. The lowest BCUT2D eigenvalue weighted by atomic mass is 9.82. The summed E-state index contributed by atoms with van der Waals surface area (Å²) in [7, 11) is 0. The normalized spacial score (nSPS) is 23.3. The highest BCUT2D eigenvalue weighted by Gasteiger charge is 2.27. The first kappa shape index (κ1) is 15.9. The second-order valence-electron chi connectivity index (χ2n) is 6.61. The number of thioether (sulfide) groups is 1. The Morgan fingerprint density at radius 3 is 2.52 bits per heavy atom. The first-order valence-electron chi connectivity index (χ1n) is 8.68. The minimum atomic E-state index is -0.205. The molecule has 1 N–H and O–H groups in total. The van der Waals surface area contributed by atoms with E-state index in [4.69, 9.17) is 0 Å². The van der Waals surface area contributed by atoms with Crippen molar-refractivity contribution in [3.05, 3.63) is 21.4 Å². The molecule has 0 amide bonds. The third-order valence-corrected chi connectivity index (χ3v) is 7.73. The number of aliphatic hydroxyl groups is 1. The number of hydrogen-bond donors (Lipinski definition) is 1. The van der Waals surface area contributed by atoms with Crippen molar-refractivity contribution >= 4 is 23.1 Å². The first-order valence-corrected chi connectivity index (χ1v) is 10.6. The molecule has 2 fully saturated rings. The minimum Gasteiger partial charge on any atom is -0.388 e. The molecular formula is C18H28OS2. The largest absolute Gasteiger partial charge is 0.388 e. The summed E-state index contributed by atoms with van der Waals surface area (Å²) in [4.78, 5) is 3.00. The molecule has 1 aliphatic carbocycles. The van der Waals surface area contributed by atoms with E-state index < -0.39 is 0 Å². The van der Waals surface area contributed by atoms with Gasteiger partial charge in [-0.25, -0.2) is 0 Å². The topological polar surface area (TPSA) is 20.2 Å². The zero-order valence-corrected chi connectivity index (χ0v) is 14.8. The minimum absolute atomic E-state index is 0.205. The number of aliphatic hydroxyl groups excluding tert-OH is 1. The van der Waals surface area contributed by atoms with Gasteiger partial charge in [-0.3, -0.25) is 0 Å². The van der Waals surface area contributed by atoms with Crippen LogP contribution in [0.4, 0.5) is 0 Å². The SMILES string of the molecule is CCc1sc(C2CCSCC2)cc1C(O)C1CCCCC1. The van der Waals surface area contributed by atoms with Crippen molar-refractivity contribution < 1.29 is 5.11 Å². The van der Waals surface area contributed by atoms with E-state index in [2.05, 4.69) is 24.8 Å². The van der Waals surface area contributed by atoms with Crippen molar-refractivity contribution in [2.75, 3.05) is 11.5 Å². The van der Waals surface area contributed by atoms with Crippen molar-refractivity contribution in [1.29, 1.82) is 0 Å². The number of rotatable bonds is 4. The van der Waals surface area contributed by atoms with Crippen LogP contribution in [0.25, 0.3) is 0 Å². The van der Waals surface area contributed by atoms with E-state index in [0.29, 0.717) is 5.92 Å². The van der Waals surface area contributed by atoms with E-state index in [-0.39, 0.29) is 6.10 Å². The van der Waals surface area contributed by atoms with Crippen LogP contribution in [0.2, 0.25) is 0 Å². The van der Waals surface area contributed by atoms with Gasteiger partial charge < -0.3 is 5.11 Å². The van der Waals surface area contributed by atoms with Gasteiger partial charge in [-0.2, -0.15) is 11.8 Å². The lowest BCUT2D eigenvalue weighted by Crippen LogP contribution is -2.16. The molecule has 21 heavy (non-hydrogen) atoms. The number of hydrogen-bond acceptors (Lipinski definition) is 3. The summed E-state index contributed by atoms with van der Waals surface area (Å²) in [6, 6.07) is 2.38. The Bertz CT molecular complexity index is 442. The lowest BCUT2D eigenvalue weighted by Gasteiger charge is -2.27. The average molecular weight is 325 g/mol. The van der Waals surface area contributed by atoms with E-state index in [9.17, 15) is 5.11 Å². The van der Waals surface area contributed by atoms with Crippen LogP contribution in [0.3, 0.4) is 0 Å². The Kier molecular flexibility index (Phi) is 5.69. The van der Waals surface area contributed by atoms with Crippen LogP contribution in [0.1, 0.15) is 79.2 Å². The van der Waals surface area contributed by atoms with Crippen LogP contribution >= 0.6 is 23.1 Å². The van der Waals surface area contributed by atoms with E-state index in [1.54, 1.807) is 4.88 Å². The summed E-state index contributed by atoms with van der Waals surface area (Å²) >= 11 is 4.08. The quantitative estimate of drug-likeness (QED) is 0.785. The summed E-state index contributed by atoms with van der Waals surface area (Å²) in [5.74, 6) is 3.89. The fourth-order valence-corrected chi connectivity index (χ4v) is 6.30. The molecule has 118 valence electrons. The van der Waals surface area contributed by atoms with Gasteiger partial charge in [0.25, 0.3) is 0 Å². The maximum Gasteiger partial charge on any atom is 0.0829 e. The van der Waals surface area contributed by atoms with Gasteiger partial charge in [0, 0.05) is 9.75 Å². The zero-order chi connectivity index (χ0) is 14.7. The van der Waals surface area contributed by atoms with Crippen LogP contribution in [-0.4, -0.2) is 16.6 Å². The van der Waals surface area contributed by atoms with Gasteiger partial charge in [0.05, 0.1) is 6.10 Å². The molecule has 2 heterocycles. The molecule has 3 rings (SSSR count). The second kappa shape index (κ2) is 7.52. The summed E-state index contributed by atoms with van der Waals surface area (Å²) in [5.41, 5.74) is 1.28. The third-order valence-electron chi connectivity index (χ3n) is 5.22. The molecule has 0 spiro atoms. The molecule has 1 aliphatic heterocycles. The highest BCUT2D eigenvalue weighted by atomic mass is 32.2. The highest BCUT2D eigenvalue weighted by Crippen LogP contribution is 2.42. The van der Waals surface area contributed by atoms with Crippen molar-refractivity contribution in [1.82, 2.24) is 0 Å². The molecular weight excluding hydrogens is 296 g/mol. The molecule has 0 aromatic carbocycles. The summed E-state index contributed by atoms with van der Waals surface area (Å²) in [5, 5.41) is 10.9. The van der Waals surface area contributed by atoms with Crippen LogP contribution in [0.5, 0.6) is 0 Å². The predicted octanol–water partition coefficient (Wildman–Crippen LogP) is 5.53. The molecule has 1 aromatic rings. The standard InChI is InChI=1S/C18H28OS2/c1-2-16-15(18(19)14-6-4-3-5-7-14)12-17(21-16)13-8-10-20-11-9-13/h12-14,18-19H,2-11H2,1H3. The van der Waals surface area contributed by atoms with Crippen LogP contribution < -0.4 is 0 Å². The molecule has 1 unspecified atom stereocenters. The van der Waals surface area contributed by atoms with Crippen LogP contribution in [0.15, 0.2) is 6.07 Å². The smallest absolute Gasteiger partial charge is 0.0829 e. The molecule has 3 heteroatoms. The monoisotopic (exact) mass is 324 g/mol. The predicted molar refractivity (Wildman–Crippen MR) is 94.5 cm³/mol. The van der Waals surface area contributed by atoms with Crippen molar-refractivity contribution in [2.24, 2.45) is 5.92 Å². The third kappa shape index (κ3) is 3.68. The molecule has 0 radical (unpaired) electrons. The Labute approximate surface area is 137 Å². The maximum atomic E-state index is 10.9. The van der Waals surface area contributed by atoms with Gasteiger partial charge in [0.15, 0.2) is 0 Å².